The van der Waals surface area contributed by atoms with Crippen LogP contribution in [0.3, 0.4) is 0 Å². The molecule has 0 spiro atoms. The molecule has 0 aliphatic carbocycles. The lowest BCUT2D eigenvalue weighted by atomic mass is 9.72. The van der Waals surface area contributed by atoms with Crippen LogP contribution in [0.25, 0.3) is 0 Å². The van der Waals surface area contributed by atoms with Crippen molar-refractivity contribution < 1.29 is 32.6 Å². The van der Waals surface area contributed by atoms with Gasteiger partial charge in [0.2, 0.25) is 5.91 Å². The van der Waals surface area contributed by atoms with Crippen LogP contribution in [-0.2, 0) is 24.5 Å². The van der Waals surface area contributed by atoms with Crippen LogP contribution in [0.5, 0.6) is 5.75 Å². The molecule has 0 radical (unpaired) electrons. The first kappa shape index (κ1) is 24.4. The molecule has 1 aliphatic heterocycles. The van der Waals surface area contributed by atoms with E-state index in [1.807, 2.05) is 30.3 Å². The minimum Gasteiger partial charge on any atom is -0.455 e. The van der Waals surface area contributed by atoms with E-state index in [0.29, 0.717) is 25.9 Å². The molecule has 176 valence electrons. The van der Waals surface area contributed by atoms with Crippen molar-refractivity contribution in [2.24, 2.45) is 0 Å². The summed E-state index contributed by atoms with van der Waals surface area (Å²) in [5, 5.41) is 2.39. The number of rotatable bonds is 7. The van der Waals surface area contributed by atoms with Crippen molar-refractivity contribution in [1.82, 2.24) is 4.90 Å². The minimum absolute atomic E-state index is 0.0620. The topological polar surface area (TPSA) is 84.9 Å². The molecule has 0 saturated carbocycles. The van der Waals surface area contributed by atoms with Gasteiger partial charge in [-0.3, -0.25) is 14.4 Å². The Kier molecular flexibility index (Phi) is 7.86. The van der Waals surface area contributed by atoms with Gasteiger partial charge in [-0.15, -0.1) is 0 Å². The molecule has 0 atom stereocenters. The van der Waals surface area contributed by atoms with Crippen molar-refractivity contribution in [3.05, 3.63) is 59.1 Å². The zero-order chi connectivity index (χ0) is 24.0. The lowest BCUT2D eigenvalue weighted by Gasteiger charge is -2.40. The summed E-state index contributed by atoms with van der Waals surface area (Å²) in [4.78, 5) is 38.8. The number of hydrogen-bond acceptors (Lipinski definition) is 5. The number of carbonyl (C=O) groups excluding carboxylic acids is 3. The van der Waals surface area contributed by atoms with E-state index in [1.54, 1.807) is 4.90 Å². The molecule has 3 rings (SSSR count). The maximum Gasteiger partial charge on any atom is 0.387 e. The maximum absolute atomic E-state index is 13.1. The molecular formula is C23H23ClF2N2O5. The van der Waals surface area contributed by atoms with Crippen molar-refractivity contribution in [3.8, 4) is 5.75 Å². The van der Waals surface area contributed by atoms with Crippen LogP contribution in [0.2, 0.25) is 5.02 Å². The van der Waals surface area contributed by atoms with Crippen LogP contribution in [-0.4, -0.2) is 49.0 Å². The first-order chi connectivity index (χ1) is 15.7. The monoisotopic (exact) mass is 480 g/mol. The van der Waals surface area contributed by atoms with Gasteiger partial charge in [0.25, 0.3) is 5.91 Å². The number of nitrogens with one attached hydrogen (secondary N) is 1. The number of carbonyl (C=O) groups is 3. The smallest absolute Gasteiger partial charge is 0.387 e. The molecule has 1 N–H and O–H groups in total. The summed E-state index contributed by atoms with van der Waals surface area (Å²) < 4.78 is 34.3. The van der Waals surface area contributed by atoms with E-state index >= 15 is 0 Å². The Morgan fingerprint density at radius 2 is 1.79 bits per heavy atom. The molecule has 1 heterocycles. The van der Waals surface area contributed by atoms with Crippen LogP contribution in [0.15, 0.2) is 48.5 Å². The lowest BCUT2D eigenvalue weighted by molar-refractivity contribution is -0.156. The van der Waals surface area contributed by atoms with Gasteiger partial charge in [0.15, 0.2) is 6.61 Å². The molecule has 10 heteroatoms. The molecule has 0 aromatic heterocycles. The second-order valence-electron chi connectivity index (χ2n) is 7.60. The Labute approximate surface area is 194 Å². The second kappa shape index (κ2) is 10.6. The molecule has 7 nitrogen and oxygen atoms in total. The number of amides is 2. The van der Waals surface area contributed by atoms with Crippen molar-refractivity contribution in [2.75, 3.05) is 25.0 Å². The van der Waals surface area contributed by atoms with Crippen LogP contribution in [0, 0.1) is 0 Å². The Bertz CT molecular complexity index is 1010. The molecule has 1 saturated heterocycles. The van der Waals surface area contributed by atoms with Crippen LogP contribution in [0.1, 0.15) is 25.3 Å². The van der Waals surface area contributed by atoms with E-state index in [9.17, 15) is 23.2 Å². The fourth-order valence-corrected chi connectivity index (χ4v) is 4.03. The van der Waals surface area contributed by atoms with Gasteiger partial charge in [-0.2, -0.15) is 8.78 Å². The van der Waals surface area contributed by atoms with Gasteiger partial charge in [-0.25, -0.2) is 0 Å². The number of esters is 1. The predicted molar refractivity (Wildman–Crippen MR) is 117 cm³/mol. The number of nitrogens with zero attached hydrogens (tertiary/aromatic N) is 1. The molecule has 0 bridgehead atoms. The molecule has 2 amide bonds. The van der Waals surface area contributed by atoms with Gasteiger partial charge >= 0.3 is 12.6 Å². The highest BCUT2D eigenvalue weighted by Crippen LogP contribution is 2.37. The van der Waals surface area contributed by atoms with Crippen molar-refractivity contribution in [1.29, 1.82) is 0 Å². The van der Waals surface area contributed by atoms with E-state index in [2.05, 4.69) is 10.1 Å². The number of alkyl halides is 2. The summed E-state index contributed by atoms with van der Waals surface area (Å²) in [6, 6.07) is 12.9. The SMILES string of the molecule is CC(=O)N1CCC(C(=O)OCC(=O)Nc2ccc(OC(F)F)c(Cl)c2)(c2ccccc2)CC1. The minimum atomic E-state index is -3.03. The number of halogens is 3. The largest absolute Gasteiger partial charge is 0.455 e. The third kappa shape index (κ3) is 5.98. The average molecular weight is 481 g/mol. The van der Waals surface area contributed by atoms with Gasteiger partial charge < -0.3 is 19.7 Å². The van der Waals surface area contributed by atoms with Gasteiger partial charge in [0, 0.05) is 25.7 Å². The van der Waals surface area contributed by atoms with E-state index in [0.717, 1.165) is 5.56 Å². The Morgan fingerprint density at radius 3 is 2.36 bits per heavy atom. The fourth-order valence-electron chi connectivity index (χ4n) is 3.81. The number of hydrogen-bond donors (Lipinski definition) is 1. The summed E-state index contributed by atoms with van der Waals surface area (Å²) in [5.74, 6) is -1.46. The Morgan fingerprint density at radius 1 is 1.12 bits per heavy atom. The molecule has 2 aromatic carbocycles. The summed E-state index contributed by atoms with van der Waals surface area (Å²) in [5.41, 5.74) is 0.0284. The highest BCUT2D eigenvalue weighted by molar-refractivity contribution is 6.32. The summed E-state index contributed by atoms with van der Waals surface area (Å²) in [6.07, 6.45) is 0.747. The fraction of sp³-hybridized carbons (Fsp3) is 0.348. The van der Waals surface area contributed by atoms with Gasteiger partial charge in [-0.05, 0) is 36.6 Å². The highest BCUT2D eigenvalue weighted by Gasteiger charge is 2.44. The molecule has 33 heavy (non-hydrogen) atoms. The number of benzene rings is 2. The van der Waals surface area contributed by atoms with Gasteiger partial charge in [0.1, 0.15) is 5.75 Å². The number of anilines is 1. The third-order valence-corrected chi connectivity index (χ3v) is 5.84. The molecule has 1 aliphatic rings. The zero-order valence-electron chi connectivity index (χ0n) is 17.9. The number of piperidine rings is 1. The first-order valence-corrected chi connectivity index (χ1v) is 10.6. The zero-order valence-corrected chi connectivity index (χ0v) is 18.6. The van der Waals surface area contributed by atoms with Gasteiger partial charge in [0.05, 0.1) is 10.4 Å². The molecule has 0 unspecified atom stereocenters. The van der Waals surface area contributed by atoms with Gasteiger partial charge in [-0.1, -0.05) is 41.9 Å². The second-order valence-corrected chi connectivity index (χ2v) is 8.01. The predicted octanol–water partition coefficient (Wildman–Crippen LogP) is 4.00. The van der Waals surface area contributed by atoms with Crippen molar-refractivity contribution in [2.45, 2.75) is 31.8 Å². The van der Waals surface area contributed by atoms with Crippen LogP contribution < -0.4 is 10.1 Å². The van der Waals surface area contributed by atoms with E-state index in [1.165, 1.54) is 25.1 Å². The van der Waals surface area contributed by atoms with E-state index in [-0.39, 0.29) is 22.4 Å². The molecular weight excluding hydrogens is 458 g/mol. The standard InChI is InChI=1S/C23H23ClF2N2O5/c1-15(29)28-11-9-23(10-12-28,16-5-3-2-4-6-16)21(31)32-14-20(30)27-17-7-8-19(18(24)13-17)33-22(25)26/h2-8,13,22H,9-12,14H2,1H3,(H,27,30). The average Bonchev–Trinajstić information content (AvgIpc) is 2.79. The quantitative estimate of drug-likeness (QED) is 0.605. The summed E-state index contributed by atoms with van der Waals surface area (Å²) in [6.45, 7) is -1.29. The third-order valence-electron chi connectivity index (χ3n) is 5.55. The Balaban J connectivity index is 1.65. The first-order valence-electron chi connectivity index (χ1n) is 10.2. The van der Waals surface area contributed by atoms with E-state index in [4.69, 9.17) is 16.3 Å². The number of ether oxygens (including phenoxy) is 2. The van der Waals surface area contributed by atoms with E-state index < -0.39 is 30.5 Å². The lowest BCUT2D eigenvalue weighted by Crippen LogP contribution is -2.49. The number of likely N-dealkylation sites (tertiary alicyclic amines) is 1. The highest BCUT2D eigenvalue weighted by atomic mass is 35.5. The Hall–Kier alpha value is -3.20. The summed E-state index contributed by atoms with van der Waals surface area (Å²) >= 11 is 5.88. The maximum atomic E-state index is 13.1. The summed E-state index contributed by atoms with van der Waals surface area (Å²) in [7, 11) is 0. The van der Waals surface area contributed by atoms with Crippen LogP contribution >= 0.6 is 11.6 Å². The molecule has 1 fully saturated rings. The normalized spacial score (nSPS) is 15.1. The van der Waals surface area contributed by atoms with Crippen molar-refractivity contribution in [3.63, 3.8) is 0 Å². The van der Waals surface area contributed by atoms with Crippen molar-refractivity contribution >= 4 is 35.1 Å². The van der Waals surface area contributed by atoms with Crippen LogP contribution in [0.4, 0.5) is 14.5 Å². The molecule has 2 aromatic rings.